The number of anilines is 1. The Hall–Kier alpha value is -1.34. The van der Waals surface area contributed by atoms with E-state index >= 15 is 0 Å². The summed E-state index contributed by atoms with van der Waals surface area (Å²) >= 11 is 5.83. The molecule has 0 saturated carbocycles. The molecule has 7 heteroatoms. The van der Waals surface area contributed by atoms with Gasteiger partial charge in [0.2, 0.25) is 0 Å². The molecule has 20 heavy (non-hydrogen) atoms. The average molecular weight is 409 g/mol. The third kappa shape index (κ3) is 3.04. The number of nitrogens with one attached hydrogen (secondary N) is 1. The van der Waals surface area contributed by atoms with Crippen LogP contribution < -0.4 is 5.32 Å². The Morgan fingerprint density at radius 2 is 1.70 bits per heavy atom. The van der Waals surface area contributed by atoms with E-state index < -0.39 is 23.4 Å². The molecular formula is C13H6Br2F3NO. The second kappa shape index (κ2) is 5.97. The maximum absolute atomic E-state index is 13.5. The first-order valence-electron chi connectivity index (χ1n) is 5.30. The van der Waals surface area contributed by atoms with Crippen LogP contribution in [0, 0.1) is 17.5 Å². The van der Waals surface area contributed by atoms with Gasteiger partial charge < -0.3 is 5.32 Å². The Kier molecular flexibility index (Phi) is 4.49. The van der Waals surface area contributed by atoms with Gasteiger partial charge in [0, 0.05) is 6.07 Å². The molecule has 0 aromatic heterocycles. The molecule has 0 aliphatic rings. The zero-order chi connectivity index (χ0) is 14.9. The van der Waals surface area contributed by atoms with Gasteiger partial charge in [0.1, 0.15) is 17.5 Å². The minimum absolute atomic E-state index is 0.00449. The standard InChI is InChI=1S/C13H6Br2F3NO/c14-7-4-11(10(18)5-9(7)17)19-13(20)6-2-1-3-8(16)12(6)15/h1-5H,(H,19,20). The normalized spacial score (nSPS) is 10.4. The van der Waals surface area contributed by atoms with Crippen molar-refractivity contribution in [2.45, 2.75) is 0 Å². The molecule has 1 N–H and O–H groups in total. The van der Waals surface area contributed by atoms with Crippen LogP contribution in [0.5, 0.6) is 0 Å². The Morgan fingerprint density at radius 1 is 1.00 bits per heavy atom. The lowest BCUT2D eigenvalue weighted by Gasteiger charge is -2.09. The Bertz CT molecular complexity index is 692. The fraction of sp³-hybridized carbons (Fsp3) is 0. The minimum atomic E-state index is -0.924. The lowest BCUT2D eigenvalue weighted by atomic mass is 10.2. The van der Waals surface area contributed by atoms with Crippen LogP contribution in [0.15, 0.2) is 39.3 Å². The zero-order valence-corrected chi connectivity index (χ0v) is 12.9. The van der Waals surface area contributed by atoms with Crippen LogP contribution in [0.1, 0.15) is 10.4 Å². The van der Waals surface area contributed by atoms with E-state index in [1.165, 1.54) is 18.2 Å². The second-order valence-electron chi connectivity index (χ2n) is 3.80. The first-order chi connectivity index (χ1) is 9.40. The van der Waals surface area contributed by atoms with E-state index in [0.29, 0.717) is 6.07 Å². The van der Waals surface area contributed by atoms with Gasteiger partial charge in [0.15, 0.2) is 0 Å². The highest BCUT2D eigenvalue weighted by Crippen LogP contribution is 2.26. The third-order valence-corrected chi connectivity index (χ3v) is 3.87. The number of carbonyl (C=O) groups is 1. The molecule has 0 bridgehead atoms. The molecule has 2 rings (SSSR count). The molecule has 0 heterocycles. The van der Waals surface area contributed by atoms with Crippen molar-refractivity contribution in [2.75, 3.05) is 5.32 Å². The quantitative estimate of drug-likeness (QED) is 0.705. The van der Waals surface area contributed by atoms with Gasteiger partial charge in [0.05, 0.1) is 20.2 Å². The lowest BCUT2D eigenvalue weighted by Crippen LogP contribution is -2.14. The van der Waals surface area contributed by atoms with Crippen LogP contribution >= 0.6 is 31.9 Å². The number of hydrogen-bond acceptors (Lipinski definition) is 1. The van der Waals surface area contributed by atoms with E-state index in [9.17, 15) is 18.0 Å². The first kappa shape index (κ1) is 15.1. The van der Waals surface area contributed by atoms with Gasteiger partial charge in [-0.2, -0.15) is 0 Å². The number of hydrogen-bond donors (Lipinski definition) is 1. The maximum atomic E-state index is 13.5. The first-order valence-corrected chi connectivity index (χ1v) is 6.88. The number of halogens is 5. The topological polar surface area (TPSA) is 29.1 Å². The molecular weight excluding hydrogens is 403 g/mol. The Labute approximate surface area is 129 Å². The second-order valence-corrected chi connectivity index (χ2v) is 5.45. The minimum Gasteiger partial charge on any atom is -0.319 e. The van der Waals surface area contributed by atoms with Gasteiger partial charge in [-0.3, -0.25) is 4.79 Å². The molecule has 104 valence electrons. The van der Waals surface area contributed by atoms with E-state index in [1.807, 2.05) is 0 Å². The average Bonchev–Trinajstić information content (AvgIpc) is 2.39. The summed E-state index contributed by atoms with van der Waals surface area (Å²) in [6, 6.07) is 5.64. The van der Waals surface area contributed by atoms with E-state index in [2.05, 4.69) is 37.2 Å². The maximum Gasteiger partial charge on any atom is 0.256 e. The Morgan fingerprint density at radius 3 is 2.40 bits per heavy atom. The predicted octanol–water partition coefficient (Wildman–Crippen LogP) is 4.88. The molecule has 0 saturated heterocycles. The predicted molar refractivity (Wildman–Crippen MR) is 76.1 cm³/mol. The fourth-order valence-electron chi connectivity index (χ4n) is 1.49. The fourth-order valence-corrected chi connectivity index (χ4v) is 2.27. The van der Waals surface area contributed by atoms with Crippen LogP contribution in [0.25, 0.3) is 0 Å². The highest BCUT2D eigenvalue weighted by atomic mass is 79.9. The van der Waals surface area contributed by atoms with Gasteiger partial charge >= 0.3 is 0 Å². The molecule has 0 unspecified atom stereocenters. The summed E-state index contributed by atoms with van der Waals surface area (Å²) in [5.41, 5.74) is -0.204. The highest BCUT2D eigenvalue weighted by molar-refractivity contribution is 9.10. The summed E-state index contributed by atoms with van der Waals surface area (Å²) in [6.45, 7) is 0. The van der Waals surface area contributed by atoms with E-state index in [1.54, 1.807) is 0 Å². The monoisotopic (exact) mass is 407 g/mol. The molecule has 0 atom stereocenters. The Balaban J connectivity index is 2.33. The molecule has 2 nitrogen and oxygen atoms in total. The smallest absolute Gasteiger partial charge is 0.256 e. The van der Waals surface area contributed by atoms with Gasteiger partial charge in [0.25, 0.3) is 5.91 Å². The molecule has 0 radical (unpaired) electrons. The van der Waals surface area contributed by atoms with Crippen LogP contribution in [0.4, 0.5) is 18.9 Å². The largest absolute Gasteiger partial charge is 0.319 e. The van der Waals surface area contributed by atoms with Crippen molar-refractivity contribution in [1.82, 2.24) is 0 Å². The molecule has 0 aliphatic carbocycles. The summed E-state index contributed by atoms with van der Waals surface area (Å²) in [5, 5.41) is 2.26. The van der Waals surface area contributed by atoms with Crippen molar-refractivity contribution in [3.05, 3.63) is 62.3 Å². The molecule has 0 fully saturated rings. The van der Waals surface area contributed by atoms with Crippen molar-refractivity contribution >= 4 is 43.5 Å². The lowest BCUT2D eigenvalue weighted by molar-refractivity contribution is 0.102. The summed E-state index contributed by atoms with van der Waals surface area (Å²) in [6.07, 6.45) is 0. The van der Waals surface area contributed by atoms with Crippen molar-refractivity contribution in [3.8, 4) is 0 Å². The SMILES string of the molecule is O=C(Nc1cc(Br)c(F)cc1F)c1cccc(F)c1Br. The third-order valence-electron chi connectivity index (χ3n) is 2.45. The van der Waals surface area contributed by atoms with E-state index in [4.69, 9.17) is 0 Å². The van der Waals surface area contributed by atoms with Gasteiger partial charge in [-0.25, -0.2) is 13.2 Å². The summed E-state index contributed by atoms with van der Waals surface area (Å²) in [5.74, 6) is -3.04. The van der Waals surface area contributed by atoms with Gasteiger partial charge in [-0.1, -0.05) is 6.07 Å². The molecule has 2 aromatic carbocycles. The van der Waals surface area contributed by atoms with Gasteiger partial charge in [-0.15, -0.1) is 0 Å². The van der Waals surface area contributed by atoms with Crippen molar-refractivity contribution < 1.29 is 18.0 Å². The summed E-state index contributed by atoms with van der Waals surface area (Å²) in [4.78, 5) is 12.0. The summed E-state index contributed by atoms with van der Waals surface area (Å²) < 4.78 is 39.9. The summed E-state index contributed by atoms with van der Waals surface area (Å²) in [7, 11) is 0. The molecule has 0 spiro atoms. The molecule has 0 aliphatic heterocycles. The highest BCUT2D eigenvalue weighted by Gasteiger charge is 2.16. The van der Waals surface area contributed by atoms with Crippen molar-refractivity contribution in [3.63, 3.8) is 0 Å². The number of amides is 1. The van der Waals surface area contributed by atoms with Crippen LogP contribution in [-0.4, -0.2) is 5.91 Å². The number of carbonyl (C=O) groups excluding carboxylic acids is 1. The molecule has 2 aromatic rings. The van der Waals surface area contributed by atoms with Crippen molar-refractivity contribution in [2.24, 2.45) is 0 Å². The van der Waals surface area contributed by atoms with E-state index in [-0.39, 0.29) is 20.2 Å². The van der Waals surface area contributed by atoms with Crippen LogP contribution in [0.2, 0.25) is 0 Å². The zero-order valence-electron chi connectivity index (χ0n) is 9.68. The van der Waals surface area contributed by atoms with Gasteiger partial charge in [-0.05, 0) is 50.1 Å². The molecule has 1 amide bonds. The van der Waals surface area contributed by atoms with Crippen LogP contribution in [0.3, 0.4) is 0 Å². The number of benzene rings is 2. The number of rotatable bonds is 2. The van der Waals surface area contributed by atoms with Crippen molar-refractivity contribution in [1.29, 1.82) is 0 Å². The van der Waals surface area contributed by atoms with Crippen LogP contribution in [-0.2, 0) is 0 Å². The van der Waals surface area contributed by atoms with E-state index in [0.717, 1.165) is 6.07 Å².